The molecule has 0 aliphatic heterocycles. The summed E-state index contributed by atoms with van der Waals surface area (Å²) in [7, 11) is 0. The summed E-state index contributed by atoms with van der Waals surface area (Å²) < 4.78 is 11.0. The van der Waals surface area contributed by atoms with Crippen LogP contribution in [0.4, 0.5) is 0 Å². The van der Waals surface area contributed by atoms with Crippen LogP contribution in [0.3, 0.4) is 0 Å². The number of ether oxygens (including phenoxy) is 2. The van der Waals surface area contributed by atoms with E-state index < -0.39 is 17.4 Å². The van der Waals surface area contributed by atoms with Crippen molar-refractivity contribution < 1.29 is 19.1 Å². The number of carbonyl (C=O) groups excluding carboxylic acids is 2. The molecule has 0 aliphatic carbocycles. The highest BCUT2D eigenvalue weighted by molar-refractivity contribution is 5.99. The minimum atomic E-state index is -1.14. The summed E-state index contributed by atoms with van der Waals surface area (Å²) in [4.78, 5) is 25.3. The lowest BCUT2D eigenvalue weighted by Gasteiger charge is -2.27. The molecule has 4 nitrogen and oxygen atoms in total. The molecule has 0 N–H and O–H groups in total. The van der Waals surface area contributed by atoms with Gasteiger partial charge in [-0.1, -0.05) is 105 Å². The van der Waals surface area contributed by atoms with Gasteiger partial charge in [-0.05, 0) is 25.7 Å². The molecule has 0 spiro atoms. The topological polar surface area (TPSA) is 52.6 Å². The number of hydrogen-bond donors (Lipinski definition) is 0. The second-order valence-electron chi connectivity index (χ2n) is 8.30. The van der Waals surface area contributed by atoms with Gasteiger partial charge in [0, 0.05) is 0 Å². The zero-order valence-electron chi connectivity index (χ0n) is 19.9. The maximum absolute atomic E-state index is 12.7. The van der Waals surface area contributed by atoms with Crippen molar-refractivity contribution in [1.82, 2.24) is 0 Å². The maximum Gasteiger partial charge on any atom is 0.323 e. The van der Waals surface area contributed by atoms with Gasteiger partial charge in [0.2, 0.25) is 0 Å². The van der Waals surface area contributed by atoms with Crippen molar-refractivity contribution in [3.63, 3.8) is 0 Å². The summed E-state index contributed by atoms with van der Waals surface area (Å²) in [5.74, 6) is -0.810. The maximum atomic E-state index is 12.7. The zero-order chi connectivity index (χ0) is 21.8. The van der Waals surface area contributed by atoms with Gasteiger partial charge in [0.15, 0.2) is 5.41 Å². The van der Waals surface area contributed by atoms with Crippen LogP contribution in [0.1, 0.15) is 130 Å². The van der Waals surface area contributed by atoms with Crippen molar-refractivity contribution in [3.8, 4) is 0 Å². The number of unbranched alkanes of at least 4 members (excludes halogenated alkanes) is 12. The Bertz CT molecular complexity index is 402. The molecule has 172 valence electrons. The Hall–Kier alpha value is -1.06. The Labute approximate surface area is 180 Å². The molecule has 0 heterocycles. The third-order valence-electron chi connectivity index (χ3n) is 5.95. The Morgan fingerprint density at radius 3 is 1.14 bits per heavy atom. The summed E-state index contributed by atoms with van der Waals surface area (Å²) in [5.41, 5.74) is -1.14. The van der Waals surface area contributed by atoms with Crippen LogP contribution in [0, 0.1) is 5.41 Å². The minimum Gasteiger partial charge on any atom is -0.465 e. The lowest BCUT2D eigenvalue weighted by molar-refractivity contribution is -0.173. The highest BCUT2D eigenvalue weighted by atomic mass is 16.6. The third kappa shape index (κ3) is 12.3. The summed E-state index contributed by atoms with van der Waals surface area (Å²) in [6, 6.07) is 0. The van der Waals surface area contributed by atoms with E-state index in [-0.39, 0.29) is 0 Å². The number of rotatable bonds is 20. The van der Waals surface area contributed by atoms with Crippen molar-refractivity contribution in [2.45, 2.75) is 130 Å². The quantitative estimate of drug-likeness (QED) is 0.119. The number of esters is 2. The van der Waals surface area contributed by atoms with E-state index in [0.717, 1.165) is 25.7 Å². The van der Waals surface area contributed by atoms with Gasteiger partial charge >= 0.3 is 11.9 Å². The molecule has 0 atom stereocenters. The number of hydrogen-bond acceptors (Lipinski definition) is 4. The van der Waals surface area contributed by atoms with Gasteiger partial charge in [0.05, 0.1) is 13.2 Å². The molecule has 0 radical (unpaired) electrons. The first-order valence-corrected chi connectivity index (χ1v) is 12.4. The molecule has 0 unspecified atom stereocenters. The van der Waals surface area contributed by atoms with Crippen LogP contribution in [0.15, 0.2) is 0 Å². The first-order valence-electron chi connectivity index (χ1n) is 12.4. The van der Waals surface area contributed by atoms with Crippen LogP contribution in [0.5, 0.6) is 0 Å². The van der Waals surface area contributed by atoms with Gasteiger partial charge in [-0.3, -0.25) is 9.59 Å². The number of carbonyl (C=O) groups is 2. The fraction of sp³-hybridized carbons (Fsp3) is 0.920. The molecule has 0 rings (SSSR count). The molecule has 4 heteroatoms. The molecule has 0 fully saturated rings. The van der Waals surface area contributed by atoms with Gasteiger partial charge in [-0.15, -0.1) is 0 Å². The van der Waals surface area contributed by atoms with Gasteiger partial charge in [0.25, 0.3) is 0 Å². The normalized spacial score (nSPS) is 11.4. The standard InChI is InChI=1S/C25H48O4/c1-5-9-11-13-15-16-18-20-22-29-24(27)25(7-3,8-4)23(26)28-21-19-17-14-12-10-6-2/h5-22H2,1-4H3. The highest BCUT2D eigenvalue weighted by Gasteiger charge is 2.45. The Balaban J connectivity index is 4.12. The first kappa shape index (κ1) is 27.9. The fourth-order valence-electron chi connectivity index (χ4n) is 3.64. The van der Waals surface area contributed by atoms with E-state index in [0.29, 0.717) is 26.1 Å². The van der Waals surface area contributed by atoms with Crippen molar-refractivity contribution in [1.29, 1.82) is 0 Å². The minimum absolute atomic E-state index is 0.401. The average Bonchev–Trinajstić information content (AvgIpc) is 2.73. The average molecular weight is 413 g/mol. The summed E-state index contributed by atoms with van der Waals surface area (Å²) in [6.07, 6.45) is 17.3. The summed E-state index contributed by atoms with van der Waals surface area (Å²) >= 11 is 0. The molecule has 0 aromatic rings. The van der Waals surface area contributed by atoms with Crippen molar-refractivity contribution in [2.75, 3.05) is 13.2 Å². The molecular formula is C25H48O4. The smallest absolute Gasteiger partial charge is 0.323 e. The fourth-order valence-corrected chi connectivity index (χ4v) is 3.64. The van der Waals surface area contributed by atoms with Gasteiger partial charge < -0.3 is 9.47 Å². The van der Waals surface area contributed by atoms with E-state index in [1.54, 1.807) is 0 Å². The molecule has 0 aliphatic rings. The molecule has 0 aromatic carbocycles. The molecule has 0 amide bonds. The Morgan fingerprint density at radius 2 is 0.828 bits per heavy atom. The molecule has 0 saturated carbocycles. The van der Waals surface area contributed by atoms with Crippen LogP contribution in [0.2, 0.25) is 0 Å². The van der Waals surface area contributed by atoms with E-state index in [1.807, 2.05) is 13.8 Å². The van der Waals surface area contributed by atoms with E-state index in [9.17, 15) is 9.59 Å². The van der Waals surface area contributed by atoms with Crippen molar-refractivity contribution in [2.24, 2.45) is 5.41 Å². The van der Waals surface area contributed by atoms with E-state index in [4.69, 9.17) is 9.47 Å². The molecular weight excluding hydrogens is 364 g/mol. The van der Waals surface area contributed by atoms with E-state index in [2.05, 4.69) is 13.8 Å². The molecule has 0 bridgehead atoms. The van der Waals surface area contributed by atoms with Gasteiger partial charge in [0.1, 0.15) is 0 Å². The Kier molecular flexibility index (Phi) is 18.2. The van der Waals surface area contributed by atoms with Crippen LogP contribution in [-0.4, -0.2) is 25.2 Å². The van der Waals surface area contributed by atoms with Crippen molar-refractivity contribution >= 4 is 11.9 Å². The monoisotopic (exact) mass is 412 g/mol. The molecule has 0 aromatic heterocycles. The van der Waals surface area contributed by atoms with E-state index >= 15 is 0 Å². The van der Waals surface area contributed by atoms with Crippen LogP contribution in [0.25, 0.3) is 0 Å². The Morgan fingerprint density at radius 1 is 0.517 bits per heavy atom. The molecule has 0 saturated heterocycles. The van der Waals surface area contributed by atoms with Crippen LogP contribution in [-0.2, 0) is 19.1 Å². The second-order valence-corrected chi connectivity index (χ2v) is 8.30. The predicted octanol–water partition coefficient (Wildman–Crippen LogP) is 7.38. The second kappa shape index (κ2) is 18.9. The summed E-state index contributed by atoms with van der Waals surface area (Å²) in [6.45, 7) is 8.97. The van der Waals surface area contributed by atoms with Crippen molar-refractivity contribution in [3.05, 3.63) is 0 Å². The third-order valence-corrected chi connectivity index (χ3v) is 5.95. The summed E-state index contributed by atoms with van der Waals surface area (Å²) in [5, 5.41) is 0. The van der Waals surface area contributed by atoms with Crippen LogP contribution >= 0.6 is 0 Å². The highest BCUT2D eigenvalue weighted by Crippen LogP contribution is 2.30. The van der Waals surface area contributed by atoms with Crippen LogP contribution < -0.4 is 0 Å². The van der Waals surface area contributed by atoms with Gasteiger partial charge in [-0.25, -0.2) is 0 Å². The first-order chi connectivity index (χ1) is 14.1. The SMILES string of the molecule is CCCCCCCCCCOC(=O)C(CC)(CC)C(=O)OCCCCCCCC. The lowest BCUT2D eigenvalue weighted by Crippen LogP contribution is -2.41. The predicted molar refractivity (Wildman–Crippen MR) is 121 cm³/mol. The van der Waals surface area contributed by atoms with E-state index in [1.165, 1.54) is 64.2 Å². The van der Waals surface area contributed by atoms with Gasteiger partial charge in [-0.2, -0.15) is 0 Å². The lowest BCUT2D eigenvalue weighted by atomic mass is 9.82. The zero-order valence-corrected chi connectivity index (χ0v) is 19.9. The molecule has 29 heavy (non-hydrogen) atoms. The largest absolute Gasteiger partial charge is 0.465 e.